The fourth-order valence-electron chi connectivity index (χ4n) is 2.68. The molecule has 0 bridgehead atoms. The first-order valence-electron chi connectivity index (χ1n) is 7.53. The number of aryl methyl sites for hydroxylation is 3. The molecule has 0 saturated heterocycles. The molecule has 0 aromatic carbocycles. The standard InChI is InChI=1S/C17H20N4OS/c1-10-6-7-15-19-14(9-21(15)8-10)17(22)20(5)11(2)16-12(3)23-13(4)18-16/h6-9,11H,1-5H3/t11-/m1/s1. The van der Waals surface area contributed by atoms with E-state index in [1.807, 2.05) is 50.4 Å². The van der Waals surface area contributed by atoms with Crippen molar-refractivity contribution in [2.45, 2.75) is 33.7 Å². The van der Waals surface area contributed by atoms with E-state index in [1.54, 1.807) is 29.5 Å². The van der Waals surface area contributed by atoms with Crippen molar-refractivity contribution in [3.05, 3.63) is 51.4 Å². The van der Waals surface area contributed by atoms with Crippen LogP contribution in [0.5, 0.6) is 0 Å². The number of carbonyl (C=O) groups is 1. The predicted octanol–water partition coefficient (Wildman–Crippen LogP) is 3.55. The highest BCUT2D eigenvalue weighted by atomic mass is 32.1. The number of rotatable bonds is 3. The van der Waals surface area contributed by atoms with E-state index < -0.39 is 0 Å². The molecule has 0 spiro atoms. The smallest absolute Gasteiger partial charge is 0.274 e. The predicted molar refractivity (Wildman–Crippen MR) is 92.0 cm³/mol. The fraction of sp³-hybridized carbons (Fsp3) is 0.353. The second kappa shape index (κ2) is 5.77. The molecule has 0 aliphatic heterocycles. The molecule has 0 aliphatic rings. The topological polar surface area (TPSA) is 50.5 Å². The molecule has 0 N–H and O–H groups in total. The van der Waals surface area contributed by atoms with Crippen molar-refractivity contribution in [1.29, 1.82) is 0 Å². The molecule has 3 rings (SSSR count). The third-order valence-electron chi connectivity index (χ3n) is 4.05. The summed E-state index contributed by atoms with van der Waals surface area (Å²) in [5, 5.41) is 1.02. The summed E-state index contributed by atoms with van der Waals surface area (Å²) in [4.78, 5) is 24.6. The Morgan fingerprint density at radius 1 is 1.22 bits per heavy atom. The molecule has 3 aromatic heterocycles. The largest absolute Gasteiger partial charge is 0.332 e. The van der Waals surface area contributed by atoms with Crippen LogP contribution in [0.25, 0.3) is 5.65 Å². The minimum atomic E-state index is -0.0936. The van der Waals surface area contributed by atoms with E-state index in [2.05, 4.69) is 9.97 Å². The van der Waals surface area contributed by atoms with Crippen molar-refractivity contribution >= 4 is 22.9 Å². The molecule has 3 heterocycles. The lowest BCUT2D eigenvalue weighted by Crippen LogP contribution is -2.30. The van der Waals surface area contributed by atoms with Gasteiger partial charge in [0.1, 0.15) is 11.3 Å². The minimum absolute atomic E-state index is 0.0843. The van der Waals surface area contributed by atoms with Crippen LogP contribution in [0.2, 0.25) is 0 Å². The van der Waals surface area contributed by atoms with Crippen LogP contribution < -0.4 is 0 Å². The number of nitrogens with zero attached hydrogens (tertiary/aromatic N) is 4. The second-order valence-electron chi connectivity index (χ2n) is 5.86. The Balaban J connectivity index is 1.89. The molecule has 0 aliphatic carbocycles. The van der Waals surface area contributed by atoms with Gasteiger partial charge in [0.2, 0.25) is 0 Å². The Hall–Kier alpha value is -2.21. The Morgan fingerprint density at radius 2 is 1.96 bits per heavy atom. The van der Waals surface area contributed by atoms with Gasteiger partial charge >= 0.3 is 0 Å². The summed E-state index contributed by atoms with van der Waals surface area (Å²) in [5.74, 6) is -0.0936. The SMILES string of the molecule is Cc1ccc2nc(C(=O)N(C)[C@H](C)c3nc(C)sc3C)cn2c1. The third kappa shape index (κ3) is 2.86. The molecular weight excluding hydrogens is 308 g/mol. The highest BCUT2D eigenvalue weighted by molar-refractivity contribution is 7.11. The maximum atomic E-state index is 12.8. The maximum absolute atomic E-state index is 12.8. The monoisotopic (exact) mass is 328 g/mol. The number of thiazole rings is 1. The average Bonchev–Trinajstić information content (AvgIpc) is 3.07. The molecule has 3 aromatic rings. The van der Waals surface area contributed by atoms with Gasteiger partial charge in [-0.05, 0) is 39.3 Å². The maximum Gasteiger partial charge on any atom is 0.274 e. The Morgan fingerprint density at radius 3 is 2.61 bits per heavy atom. The molecule has 1 amide bonds. The number of pyridine rings is 1. The van der Waals surface area contributed by atoms with Gasteiger partial charge in [-0.15, -0.1) is 11.3 Å². The van der Waals surface area contributed by atoms with Crippen molar-refractivity contribution in [2.24, 2.45) is 0 Å². The van der Waals surface area contributed by atoms with Crippen molar-refractivity contribution in [2.75, 3.05) is 7.05 Å². The summed E-state index contributed by atoms with van der Waals surface area (Å²) >= 11 is 1.66. The van der Waals surface area contributed by atoms with E-state index in [0.29, 0.717) is 5.69 Å². The number of carbonyl (C=O) groups excluding carboxylic acids is 1. The number of amides is 1. The van der Waals surface area contributed by atoms with E-state index in [4.69, 9.17) is 0 Å². The quantitative estimate of drug-likeness (QED) is 0.739. The zero-order valence-electron chi connectivity index (χ0n) is 14.0. The summed E-state index contributed by atoms with van der Waals surface area (Å²) in [5.41, 5.74) is 3.32. The van der Waals surface area contributed by atoms with Crippen molar-refractivity contribution in [3.8, 4) is 0 Å². The summed E-state index contributed by atoms with van der Waals surface area (Å²) in [6.07, 6.45) is 3.75. The average molecular weight is 328 g/mol. The van der Waals surface area contributed by atoms with Gasteiger partial charge in [0.25, 0.3) is 5.91 Å². The molecule has 0 saturated carbocycles. The van der Waals surface area contributed by atoms with E-state index >= 15 is 0 Å². The Kier molecular flexibility index (Phi) is 3.93. The van der Waals surface area contributed by atoms with Gasteiger partial charge < -0.3 is 9.30 Å². The van der Waals surface area contributed by atoms with E-state index in [-0.39, 0.29) is 11.9 Å². The van der Waals surface area contributed by atoms with Crippen LogP contribution >= 0.6 is 11.3 Å². The first kappa shape index (κ1) is 15.7. The van der Waals surface area contributed by atoms with Gasteiger partial charge in [0, 0.05) is 24.3 Å². The number of hydrogen-bond donors (Lipinski definition) is 0. The molecule has 1 atom stereocenters. The van der Waals surface area contributed by atoms with Crippen LogP contribution in [-0.4, -0.2) is 32.2 Å². The lowest BCUT2D eigenvalue weighted by molar-refractivity contribution is 0.0734. The number of fused-ring (bicyclic) bond motifs is 1. The molecule has 120 valence electrons. The van der Waals surface area contributed by atoms with Crippen LogP contribution in [-0.2, 0) is 0 Å². The number of hydrogen-bond acceptors (Lipinski definition) is 4. The Labute approximate surface area is 139 Å². The molecule has 5 nitrogen and oxygen atoms in total. The zero-order valence-corrected chi connectivity index (χ0v) is 14.8. The van der Waals surface area contributed by atoms with Crippen LogP contribution in [0.1, 0.15) is 44.6 Å². The van der Waals surface area contributed by atoms with Gasteiger partial charge in [-0.3, -0.25) is 4.79 Å². The summed E-state index contributed by atoms with van der Waals surface area (Å²) < 4.78 is 1.89. The Bertz CT molecular complexity index is 880. The van der Waals surface area contributed by atoms with Crippen LogP contribution in [0, 0.1) is 20.8 Å². The third-order valence-corrected chi connectivity index (χ3v) is 4.96. The van der Waals surface area contributed by atoms with Crippen molar-refractivity contribution in [1.82, 2.24) is 19.3 Å². The van der Waals surface area contributed by atoms with Crippen molar-refractivity contribution in [3.63, 3.8) is 0 Å². The van der Waals surface area contributed by atoms with Gasteiger partial charge in [0.15, 0.2) is 0 Å². The van der Waals surface area contributed by atoms with Gasteiger partial charge in [-0.25, -0.2) is 9.97 Å². The number of aromatic nitrogens is 3. The van der Waals surface area contributed by atoms with Gasteiger partial charge in [-0.1, -0.05) is 6.07 Å². The highest BCUT2D eigenvalue weighted by Crippen LogP contribution is 2.26. The highest BCUT2D eigenvalue weighted by Gasteiger charge is 2.24. The zero-order chi connectivity index (χ0) is 16.7. The van der Waals surface area contributed by atoms with E-state index in [9.17, 15) is 4.79 Å². The first-order chi connectivity index (χ1) is 10.9. The van der Waals surface area contributed by atoms with Crippen LogP contribution in [0.3, 0.4) is 0 Å². The number of imidazole rings is 1. The van der Waals surface area contributed by atoms with E-state index in [1.165, 1.54) is 0 Å². The summed E-state index contributed by atoms with van der Waals surface area (Å²) in [6.45, 7) is 8.05. The molecule has 0 unspecified atom stereocenters. The normalized spacial score (nSPS) is 12.6. The lowest BCUT2D eigenvalue weighted by atomic mass is 10.2. The van der Waals surface area contributed by atoms with Crippen molar-refractivity contribution < 1.29 is 4.79 Å². The van der Waals surface area contributed by atoms with Crippen LogP contribution in [0.15, 0.2) is 24.5 Å². The van der Waals surface area contributed by atoms with Gasteiger partial charge in [-0.2, -0.15) is 0 Å². The summed E-state index contributed by atoms with van der Waals surface area (Å²) in [7, 11) is 1.80. The van der Waals surface area contributed by atoms with E-state index in [0.717, 1.165) is 26.8 Å². The minimum Gasteiger partial charge on any atom is -0.332 e. The molecular formula is C17H20N4OS. The first-order valence-corrected chi connectivity index (χ1v) is 8.35. The van der Waals surface area contributed by atoms with Gasteiger partial charge in [0.05, 0.1) is 16.7 Å². The fourth-order valence-corrected chi connectivity index (χ4v) is 3.59. The molecule has 6 heteroatoms. The lowest BCUT2D eigenvalue weighted by Gasteiger charge is -2.23. The molecule has 23 heavy (non-hydrogen) atoms. The molecule has 0 fully saturated rings. The second-order valence-corrected chi connectivity index (χ2v) is 7.27. The van der Waals surface area contributed by atoms with Crippen LogP contribution in [0.4, 0.5) is 0 Å². The molecule has 0 radical (unpaired) electrons. The summed E-state index contributed by atoms with van der Waals surface area (Å²) in [6, 6.07) is 3.83.